The molecule has 1 atom stereocenters. The van der Waals surface area contributed by atoms with E-state index in [0.717, 1.165) is 17.1 Å². The standard InChI is InChI=1S/C15H17N3S/c1-10-8-9-13(14(16)19)15(17-10)18-11(2)12-6-4-3-5-7-12/h3-9,11H,1-2H3,(H2,16,19)(H,17,18). The molecule has 19 heavy (non-hydrogen) atoms. The minimum Gasteiger partial charge on any atom is -0.389 e. The SMILES string of the molecule is Cc1ccc(C(N)=S)c(NC(C)c2ccccc2)n1. The second-order valence-corrected chi connectivity index (χ2v) is 4.93. The van der Waals surface area contributed by atoms with Crippen LogP contribution >= 0.6 is 12.2 Å². The van der Waals surface area contributed by atoms with Crippen LogP contribution in [-0.2, 0) is 0 Å². The molecule has 3 nitrogen and oxygen atoms in total. The fraction of sp³-hybridized carbons (Fsp3) is 0.200. The number of benzene rings is 1. The van der Waals surface area contributed by atoms with E-state index in [2.05, 4.69) is 29.4 Å². The van der Waals surface area contributed by atoms with Gasteiger partial charge >= 0.3 is 0 Å². The molecular weight excluding hydrogens is 254 g/mol. The van der Waals surface area contributed by atoms with Crippen LogP contribution in [0.25, 0.3) is 0 Å². The number of anilines is 1. The van der Waals surface area contributed by atoms with Crippen molar-refractivity contribution in [2.75, 3.05) is 5.32 Å². The van der Waals surface area contributed by atoms with E-state index in [0.29, 0.717) is 4.99 Å². The van der Waals surface area contributed by atoms with Crippen LogP contribution < -0.4 is 11.1 Å². The number of nitrogens with two attached hydrogens (primary N) is 1. The molecule has 1 aromatic carbocycles. The van der Waals surface area contributed by atoms with Crippen molar-refractivity contribution in [1.29, 1.82) is 0 Å². The van der Waals surface area contributed by atoms with Crippen LogP contribution in [0.15, 0.2) is 42.5 Å². The summed E-state index contributed by atoms with van der Waals surface area (Å²) in [6.45, 7) is 4.03. The number of aromatic nitrogens is 1. The summed E-state index contributed by atoms with van der Waals surface area (Å²) in [5, 5.41) is 3.37. The molecule has 0 aliphatic heterocycles. The number of hydrogen-bond acceptors (Lipinski definition) is 3. The van der Waals surface area contributed by atoms with E-state index in [4.69, 9.17) is 18.0 Å². The van der Waals surface area contributed by atoms with Gasteiger partial charge in [-0.1, -0.05) is 42.5 Å². The molecule has 1 heterocycles. The number of thiocarbonyl (C=S) groups is 1. The number of nitrogens with one attached hydrogen (secondary N) is 1. The molecule has 98 valence electrons. The van der Waals surface area contributed by atoms with E-state index < -0.39 is 0 Å². The molecule has 0 bridgehead atoms. The highest BCUT2D eigenvalue weighted by atomic mass is 32.1. The number of nitrogens with zero attached hydrogens (tertiary/aromatic N) is 1. The summed E-state index contributed by atoms with van der Waals surface area (Å²) in [6.07, 6.45) is 0. The molecular formula is C15H17N3S. The third-order valence-electron chi connectivity index (χ3n) is 2.95. The van der Waals surface area contributed by atoms with Crippen molar-refractivity contribution >= 4 is 23.0 Å². The molecule has 1 unspecified atom stereocenters. The Kier molecular flexibility index (Phi) is 4.12. The molecule has 0 fully saturated rings. The quantitative estimate of drug-likeness (QED) is 0.838. The van der Waals surface area contributed by atoms with Crippen LogP contribution in [0, 0.1) is 6.92 Å². The first-order valence-electron chi connectivity index (χ1n) is 6.17. The summed E-state index contributed by atoms with van der Waals surface area (Å²) >= 11 is 5.06. The molecule has 0 amide bonds. The Bertz CT molecular complexity index is 581. The Morgan fingerprint density at radius 3 is 2.53 bits per heavy atom. The lowest BCUT2D eigenvalue weighted by Crippen LogP contribution is -2.16. The van der Waals surface area contributed by atoms with E-state index in [1.165, 1.54) is 5.56 Å². The van der Waals surface area contributed by atoms with Crippen molar-refractivity contribution < 1.29 is 0 Å². The average molecular weight is 271 g/mol. The molecule has 4 heteroatoms. The van der Waals surface area contributed by atoms with E-state index in [-0.39, 0.29) is 6.04 Å². The minimum absolute atomic E-state index is 0.142. The van der Waals surface area contributed by atoms with Gasteiger partial charge in [0.1, 0.15) is 10.8 Å². The van der Waals surface area contributed by atoms with Crippen LogP contribution in [-0.4, -0.2) is 9.97 Å². The van der Waals surface area contributed by atoms with Crippen molar-refractivity contribution in [2.45, 2.75) is 19.9 Å². The zero-order chi connectivity index (χ0) is 13.8. The lowest BCUT2D eigenvalue weighted by Gasteiger charge is -2.17. The first-order valence-corrected chi connectivity index (χ1v) is 6.57. The lowest BCUT2D eigenvalue weighted by molar-refractivity contribution is 0.872. The maximum Gasteiger partial charge on any atom is 0.136 e. The Hall–Kier alpha value is -1.94. The first kappa shape index (κ1) is 13.5. The maximum absolute atomic E-state index is 5.73. The fourth-order valence-electron chi connectivity index (χ4n) is 1.90. The number of hydrogen-bond donors (Lipinski definition) is 2. The normalized spacial score (nSPS) is 11.9. The Morgan fingerprint density at radius 2 is 1.89 bits per heavy atom. The van der Waals surface area contributed by atoms with Gasteiger partial charge in [-0.2, -0.15) is 0 Å². The second kappa shape index (κ2) is 5.80. The zero-order valence-corrected chi connectivity index (χ0v) is 11.9. The highest BCUT2D eigenvalue weighted by Gasteiger charge is 2.11. The third-order valence-corrected chi connectivity index (χ3v) is 3.17. The maximum atomic E-state index is 5.73. The minimum atomic E-state index is 0.142. The smallest absolute Gasteiger partial charge is 0.136 e. The molecule has 2 rings (SSSR count). The fourth-order valence-corrected chi connectivity index (χ4v) is 2.06. The molecule has 0 spiro atoms. The van der Waals surface area contributed by atoms with Crippen LogP contribution in [0.5, 0.6) is 0 Å². The van der Waals surface area contributed by atoms with E-state index in [9.17, 15) is 0 Å². The summed E-state index contributed by atoms with van der Waals surface area (Å²) in [5.41, 5.74) is 8.64. The Morgan fingerprint density at radius 1 is 1.21 bits per heavy atom. The second-order valence-electron chi connectivity index (χ2n) is 4.49. The monoisotopic (exact) mass is 271 g/mol. The number of pyridine rings is 1. The van der Waals surface area contributed by atoms with Crippen molar-refractivity contribution in [3.8, 4) is 0 Å². The topological polar surface area (TPSA) is 50.9 Å². The number of rotatable bonds is 4. The van der Waals surface area contributed by atoms with Gasteiger partial charge in [0, 0.05) is 11.7 Å². The molecule has 1 aromatic heterocycles. The highest BCUT2D eigenvalue weighted by molar-refractivity contribution is 7.80. The van der Waals surface area contributed by atoms with Gasteiger partial charge in [0.15, 0.2) is 0 Å². The van der Waals surface area contributed by atoms with Gasteiger partial charge in [0.2, 0.25) is 0 Å². The summed E-state index contributed by atoms with van der Waals surface area (Å²) in [5.74, 6) is 0.740. The number of aryl methyl sites for hydroxylation is 1. The van der Waals surface area contributed by atoms with Gasteiger partial charge in [-0.05, 0) is 31.5 Å². The lowest BCUT2D eigenvalue weighted by atomic mass is 10.1. The van der Waals surface area contributed by atoms with E-state index >= 15 is 0 Å². The highest BCUT2D eigenvalue weighted by Crippen LogP contribution is 2.21. The van der Waals surface area contributed by atoms with Crippen molar-refractivity contribution in [1.82, 2.24) is 4.98 Å². The summed E-state index contributed by atoms with van der Waals surface area (Å²) in [4.78, 5) is 4.84. The molecule has 2 aromatic rings. The molecule has 0 saturated heterocycles. The predicted molar refractivity (Wildman–Crippen MR) is 83.3 cm³/mol. The zero-order valence-electron chi connectivity index (χ0n) is 11.1. The van der Waals surface area contributed by atoms with Crippen molar-refractivity contribution in [3.63, 3.8) is 0 Å². The molecule has 0 aliphatic rings. The summed E-state index contributed by atoms with van der Waals surface area (Å²) in [6, 6.07) is 14.2. The van der Waals surface area contributed by atoms with Crippen LogP contribution in [0.1, 0.15) is 29.8 Å². The largest absolute Gasteiger partial charge is 0.389 e. The van der Waals surface area contributed by atoms with Crippen LogP contribution in [0.3, 0.4) is 0 Å². The first-order chi connectivity index (χ1) is 9.08. The predicted octanol–water partition coefficient (Wildman–Crippen LogP) is 3.20. The van der Waals surface area contributed by atoms with Gasteiger partial charge < -0.3 is 11.1 Å². The van der Waals surface area contributed by atoms with Gasteiger partial charge in [-0.25, -0.2) is 4.98 Å². The van der Waals surface area contributed by atoms with Gasteiger partial charge in [-0.15, -0.1) is 0 Å². The van der Waals surface area contributed by atoms with Gasteiger partial charge in [0.05, 0.1) is 5.56 Å². The molecule has 3 N–H and O–H groups in total. The summed E-state index contributed by atoms with van der Waals surface area (Å²) < 4.78 is 0. The molecule has 0 radical (unpaired) electrons. The van der Waals surface area contributed by atoms with Gasteiger partial charge in [0.25, 0.3) is 0 Å². The molecule has 0 saturated carbocycles. The van der Waals surface area contributed by atoms with Gasteiger partial charge in [-0.3, -0.25) is 0 Å². The van der Waals surface area contributed by atoms with Crippen LogP contribution in [0.2, 0.25) is 0 Å². The van der Waals surface area contributed by atoms with Crippen LogP contribution in [0.4, 0.5) is 5.82 Å². The van der Waals surface area contributed by atoms with E-state index in [1.54, 1.807) is 0 Å². The van der Waals surface area contributed by atoms with Crippen molar-refractivity contribution in [3.05, 3.63) is 59.3 Å². The van der Waals surface area contributed by atoms with E-state index in [1.807, 2.05) is 37.3 Å². The molecule has 0 aliphatic carbocycles. The van der Waals surface area contributed by atoms with Crippen molar-refractivity contribution in [2.24, 2.45) is 5.73 Å². The Balaban J connectivity index is 2.28. The average Bonchev–Trinajstić information content (AvgIpc) is 2.39. The Labute approximate surface area is 118 Å². The third kappa shape index (κ3) is 3.29. The summed E-state index contributed by atoms with van der Waals surface area (Å²) in [7, 11) is 0.